The standard InChI is InChI=1S/C12H20O3/c1-10(2)7-6-8-12(3,13)9-11(14-4)15-5/h11,13H,1,7,9H2,2-5H3. The van der Waals surface area contributed by atoms with Crippen LogP contribution in [0.15, 0.2) is 12.2 Å². The van der Waals surface area contributed by atoms with Crippen LogP contribution in [0.4, 0.5) is 0 Å². The van der Waals surface area contributed by atoms with E-state index in [4.69, 9.17) is 9.47 Å². The van der Waals surface area contributed by atoms with Crippen LogP contribution in [0, 0.1) is 11.8 Å². The van der Waals surface area contributed by atoms with Crippen molar-refractivity contribution in [2.24, 2.45) is 0 Å². The molecular formula is C12H20O3. The summed E-state index contributed by atoms with van der Waals surface area (Å²) in [5.74, 6) is 5.64. The summed E-state index contributed by atoms with van der Waals surface area (Å²) >= 11 is 0. The van der Waals surface area contributed by atoms with E-state index in [-0.39, 0.29) is 0 Å². The van der Waals surface area contributed by atoms with Crippen molar-refractivity contribution in [2.75, 3.05) is 14.2 Å². The van der Waals surface area contributed by atoms with Gasteiger partial charge < -0.3 is 14.6 Å². The number of ether oxygens (including phenoxy) is 2. The van der Waals surface area contributed by atoms with E-state index in [2.05, 4.69) is 18.4 Å². The highest BCUT2D eigenvalue weighted by Gasteiger charge is 2.22. The fourth-order valence-corrected chi connectivity index (χ4v) is 1.02. The fraction of sp³-hybridized carbons (Fsp3) is 0.667. The number of hydrogen-bond donors (Lipinski definition) is 1. The lowest BCUT2D eigenvalue weighted by Gasteiger charge is -2.21. The fourth-order valence-electron chi connectivity index (χ4n) is 1.02. The van der Waals surface area contributed by atoms with E-state index in [9.17, 15) is 5.11 Å². The zero-order chi connectivity index (χ0) is 11.9. The molecule has 0 bridgehead atoms. The minimum absolute atomic E-state index is 0.323. The highest BCUT2D eigenvalue weighted by atomic mass is 16.7. The average molecular weight is 212 g/mol. The molecule has 0 radical (unpaired) electrons. The van der Waals surface area contributed by atoms with E-state index in [1.807, 2.05) is 6.92 Å². The summed E-state index contributed by atoms with van der Waals surface area (Å²) in [6.45, 7) is 7.28. The van der Waals surface area contributed by atoms with Crippen molar-refractivity contribution in [3.8, 4) is 11.8 Å². The summed E-state index contributed by atoms with van der Waals surface area (Å²) in [4.78, 5) is 0. The molecule has 0 aromatic rings. The van der Waals surface area contributed by atoms with Crippen molar-refractivity contribution >= 4 is 0 Å². The molecule has 0 heterocycles. The van der Waals surface area contributed by atoms with Crippen LogP contribution in [0.1, 0.15) is 26.7 Å². The van der Waals surface area contributed by atoms with Gasteiger partial charge in [-0.3, -0.25) is 0 Å². The number of allylic oxidation sites excluding steroid dienone is 1. The first-order chi connectivity index (χ1) is 6.91. The van der Waals surface area contributed by atoms with Crippen molar-refractivity contribution in [3.63, 3.8) is 0 Å². The zero-order valence-corrected chi connectivity index (χ0v) is 9.96. The maximum Gasteiger partial charge on any atom is 0.160 e. The van der Waals surface area contributed by atoms with Crippen LogP contribution in [0.3, 0.4) is 0 Å². The smallest absolute Gasteiger partial charge is 0.160 e. The van der Waals surface area contributed by atoms with Gasteiger partial charge in [-0.2, -0.15) is 0 Å². The van der Waals surface area contributed by atoms with Gasteiger partial charge in [0.1, 0.15) is 5.60 Å². The molecule has 1 atom stereocenters. The topological polar surface area (TPSA) is 38.7 Å². The van der Waals surface area contributed by atoms with Crippen molar-refractivity contribution in [3.05, 3.63) is 12.2 Å². The van der Waals surface area contributed by atoms with Gasteiger partial charge in [0, 0.05) is 27.1 Å². The maximum absolute atomic E-state index is 9.90. The van der Waals surface area contributed by atoms with Crippen molar-refractivity contribution in [1.82, 2.24) is 0 Å². The third kappa shape index (κ3) is 7.15. The van der Waals surface area contributed by atoms with Gasteiger partial charge in [-0.15, -0.1) is 0 Å². The lowest BCUT2D eigenvalue weighted by atomic mass is 10.0. The number of hydrogen-bond acceptors (Lipinski definition) is 3. The second-order valence-electron chi connectivity index (χ2n) is 3.81. The van der Waals surface area contributed by atoms with Crippen LogP contribution >= 0.6 is 0 Å². The van der Waals surface area contributed by atoms with Gasteiger partial charge in [0.15, 0.2) is 6.29 Å². The van der Waals surface area contributed by atoms with Crippen LogP contribution in [0.5, 0.6) is 0 Å². The van der Waals surface area contributed by atoms with Crippen molar-refractivity contribution in [2.45, 2.75) is 38.6 Å². The van der Waals surface area contributed by atoms with Crippen LogP contribution in [0.2, 0.25) is 0 Å². The molecule has 1 N–H and O–H groups in total. The van der Waals surface area contributed by atoms with E-state index in [0.29, 0.717) is 12.8 Å². The Bertz CT molecular complexity index is 254. The summed E-state index contributed by atoms with van der Waals surface area (Å²) in [5, 5.41) is 9.90. The Labute approximate surface area is 92.1 Å². The number of aliphatic hydroxyl groups is 1. The molecule has 0 fully saturated rings. The highest BCUT2D eigenvalue weighted by molar-refractivity contribution is 5.16. The first kappa shape index (κ1) is 14.2. The molecule has 0 aromatic heterocycles. The molecular weight excluding hydrogens is 192 g/mol. The molecule has 0 aliphatic carbocycles. The molecule has 0 aliphatic heterocycles. The van der Waals surface area contributed by atoms with Gasteiger partial charge in [-0.1, -0.05) is 24.0 Å². The van der Waals surface area contributed by atoms with Gasteiger partial charge in [0.2, 0.25) is 0 Å². The minimum atomic E-state index is -1.09. The Kier molecular flexibility index (Phi) is 6.26. The van der Waals surface area contributed by atoms with Crippen molar-refractivity contribution < 1.29 is 14.6 Å². The van der Waals surface area contributed by atoms with Crippen LogP contribution in [0.25, 0.3) is 0 Å². The van der Waals surface area contributed by atoms with Gasteiger partial charge in [-0.25, -0.2) is 0 Å². The molecule has 3 nitrogen and oxygen atoms in total. The Hall–Kier alpha value is -0.820. The SMILES string of the molecule is C=C(C)CC#CC(C)(O)CC(OC)OC. The lowest BCUT2D eigenvalue weighted by Crippen LogP contribution is -2.30. The van der Waals surface area contributed by atoms with Gasteiger partial charge in [-0.05, 0) is 13.8 Å². The Morgan fingerprint density at radius 1 is 1.47 bits per heavy atom. The summed E-state index contributed by atoms with van der Waals surface area (Å²) in [6, 6.07) is 0. The molecule has 0 saturated heterocycles. The molecule has 0 amide bonds. The Morgan fingerprint density at radius 3 is 2.40 bits per heavy atom. The van der Waals surface area contributed by atoms with Crippen LogP contribution in [-0.2, 0) is 9.47 Å². The summed E-state index contributed by atoms with van der Waals surface area (Å²) in [5.41, 5.74) is -0.111. The molecule has 0 rings (SSSR count). The largest absolute Gasteiger partial charge is 0.378 e. The van der Waals surface area contributed by atoms with Crippen LogP contribution in [-0.4, -0.2) is 31.2 Å². The van der Waals surface area contributed by atoms with E-state index in [1.165, 1.54) is 14.2 Å². The van der Waals surface area contributed by atoms with Crippen molar-refractivity contribution in [1.29, 1.82) is 0 Å². The van der Waals surface area contributed by atoms with Gasteiger partial charge in [0.25, 0.3) is 0 Å². The van der Waals surface area contributed by atoms with E-state index in [1.54, 1.807) is 6.92 Å². The molecule has 1 unspecified atom stereocenters. The Morgan fingerprint density at radius 2 is 2.00 bits per heavy atom. The number of rotatable bonds is 5. The third-order valence-corrected chi connectivity index (χ3v) is 1.84. The first-order valence-corrected chi connectivity index (χ1v) is 4.83. The normalized spacial score (nSPS) is 14.3. The molecule has 0 aliphatic rings. The summed E-state index contributed by atoms with van der Waals surface area (Å²) in [6.07, 6.45) is 0.489. The predicted octanol–water partition coefficient (Wildman–Crippen LogP) is 1.72. The summed E-state index contributed by atoms with van der Waals surface area (Å²) < 4.78 is 9.99. The van der Waals surface area contributed by atoms with E-state index >= 15 is 0 Å². The predicted molar refractivity (Wildman–Crippen MR) is 60.3 cm³/mol. The molecule has 86 valence electrons. The second kappa shape index (κ2) is 6.62. The maximum atomic E-state index is 9.90. The van der Waals surface area contributed by atoms with E-state index < -0.39 is 11.9 Å². The monoisotopic (exact) mass is 212 g/mol. The molecule has 0 saturated carbocycles. The zero-order valence-electron chi connectivity index (χ0n) is 9.96. The number of methoxy groups -OCH3 is 2. The highest BCUT2D eigenvalue weighted by Crippen LogP contribution is 2.13. The minimum Gasteiger partial charge on any atom is -0.378 e. The lowest BCUT2D eigenvalue weighted by molar-refractivity contribution is -0.129. The molecule has 0 aromatic carbocycles. The van der Waals surface area contributed by atoms with E-state index in [0.717, 1.165) is 5.57 Å². The Balaban J connectivity index is 4.25. The second-order valence-corrected chi connectivity index (χ2v) is 3.81. The van der Waals surface area contributed by atoms with Crippen LogP contribution < -0.4 is 0 Å². The quantitative estimate of drug-likeness (QED) is 0.428. The third-order valence-electron chi connectivity index (χ3n) is 1.84. The summed E-state index contributed by atoms with van der Waals surface area (Å²) in [7, 11) is 3.07. The van der Waals surface area contributed by atoms with Gasteiger partial charge >= 0.3 is 0 Å². The molecule has 3 heteroatoms. The average Bonchev–Trinajstić information content (AvgIpc) is 2.13. The molecule has 15 heavy (non-hydrogen) atoms. The first-order valence-electron chi connectivity index (χ1n) is 4.83. The molecule has 0 spiro atoms. The van der Waals surface area contributed by atoms with Gasteiger partial charge in [0.05, 0.1) is 0 Å².